The predicted molar refractivity (Wildman–Crippen MR) is 62.1 cm³/mol. The molecule has 1 rings (SSSR count). The first-order chi connectivity index (χ1) is 6.47. The second-order valence-electron chi connectivity index (χ2n) is 5.27. The van der Waals surface area contributed by atoms with E-state index in [-0.39, 0.29) is 0 Å². The third-order valence-electron chi connectivity index (χ3n) is 2.42. The number of ether oxygens (including phenoxy) is 1. The Hall–Kier alpha value is 0.137. The lowest BCUT2D eigenvalue weighted by Gasteiger charge is -2.29. The zero-order chi connectivity index (χ0) is 10.6. The summed E-state index contributed by atoms with van der Waals surface area (Å²) in [6, 6.07) is 0. The van der Waals surface area contributed by atoms with Gasteiger partial charge >= 0.3 is 0 Å². The van der Waals surface area contributed by atoms with E-state index in [0.29, 0.717) is 12.2 Å². The van der Waals surface area contributed by atoms with E-state index in [1.54, 1.807) is 0 Å². The summed E-state index contributed by atoms with van der Waals surface area (Å²) in [5, 5.41) is 0. The topological polar surface area (TPSA) is 18.5 Å². The molecule has 0 aliphatic carbocycles. The SMILES string of the molecule is C[C@@H](C[C@@H]1CCCCO1)O[Si](C)(C)C. The van der Waals surface area contributed by atoms with E-state index in [4.69, 9.17) is 9.16 Å². The molecule has 0 amide bonds. The molecule has 0 N–H and O–H groups in total. The molecule has 0 aromatic carbocycles. The fourth-order valence-corrected chi connectivity index (χ4v) is 3.32. The summed E-state index contributed by atoms with van der Waals surface area (Å²) < 4.78 is 11.7. The molecule has 2 atom stereocenters. The maximum absolute atomic E-state index is 6.00. The monoisotopic (exact) mass is 216 g/mol. The third-order valence-corrected chi connectivity index (χ3v) is 3.53. The highest BCUT2D eigenvalue weighted by Gasteiger charge is 2.22. The van der Waals surface area contributed by atoms with Crippen molar-refractivity contribution >= 4 is 8.32 Å². The molecule has 1 saturated heterocycles. The molecule has 0 unspecified atom stereocenters. The Morgan fingerprint density at radius 3 is 2.57 bits per heavy atom. The summed E-state index contributed by atoms with van der Waals surface area (Å²) in [5.41, 5.74) is 0. The molecule has 1 heterocycles. The van der Waals surface area contributed by atoms with Crippen LogP contribution in [0.2, 0.25) is 19.6 Å². The predicted octanol–water partition coefficient (Wildman–Crippen LogP) is 3.19. The molecular weight excluding hydrogens is 192 g/mol. The molecular formula is C11H24O2Si. The summed E-state index contributed by atoms with van der Waals surface area (Å²) in [4.78, 5) is 0. The van der Waals surface area contributed by atoms with Crippen LogP contribution in [-0.2, 0) is 9.16 Å². The van der Waals surface area contributed by atoms with Crippen LogP contribution in [0, 0.1) is 0 Å². The van der Waals surface area contributed by atoms with Gasteiger partial charge in [0, 0.05) is 12.7 Å². The van der Waals surface area contributed by atoms with Crippen LogP contribution in [-0.4, -0.2) is 27.1 Å². The van der Waals surface area contributed by atoms with Crippen molar-refractivity contribution in [1.82, 2.24) is 0 Å². The molecule has 1 aliphatic heterocycles. The van der Waals surface area contributed by atoms with Gasteiger partial charge in [-0.2, -0.15) is 0 Å². The van der Waals surface area contributed by atoms with Crippen LogP contribution in [0.3, 0.4) is 0 Å². The number of hydrogen-bond donors (Lipinski definition) is 0. The van der Waals surface area contributed by atoms with Crippen molar-refractivity contribution in [3.8, 4) is 0 Å². The smallest absolute Gasteiger partial charge is 0.184 e. The fourth-order valence-electron chi connectivity index (χ4n) is 2.02. The zero-order valence-electron chi connectivity index (χ0n) is 10.0. The minimum Gasteiger partial charge on any atom is -0.415 e. The fraction of sp³-hybridized carbons (Fsp3) is 1.00. The second kappa shape index (κ2) is 5.28. The normalized spacial score (nSPS) is 26.1. The lowest BCUT2D eigenvalue weighted by Crippen LogP contribution is -2.33. The average Bonchev–Trinajstić information content (AvgIpc) is 2.02. The van der Waals surface area contributed by atoms with Gasteiger partial charge in [0.15, 0.2) is 8.32 Å². The molecule has 2 nitrogen and oxygen atoms in total. The average molecular weight is 216 g/mol. The van der Waals surface area contributed by atoms with Crippen molar-refractivity contribution in [2.45, 2.75) is 64.5 Å². The van der Waals surface area contributed by atoms with Gasteiger partial charge < -0.3 is 9.16 Å². The Morgan fingerprint density at radius 1 is 1.36 bits per heavy atom. The van der Waals surface area contributed by atoms with Gasteiger partial charge in [0.2, 0.25) is 0 Å². The van der Waals surface area contributed by atoms with Crippen LogP contribution in [0.1, 0.15) is 32.6 Å². The first-order valence-corrected chi connectivity index (χ1v) is 9.17. The van der Waals surface area contributed by atoms with Crippen LogP contribution in [0.25, 0.3) is 0 Å². The van der Waals surface area contributed by atoms with Crippen LogP contribution in [0.5, 0.6) is 0 Å². The van der Waals surface area contributed by atoms with Gasteiger partial charge in [-0.15, -0.1) is 0 Å². The van der Waals surface area contributed by atoms with Crippen molar-refractivity contribution in [3.05, 3.63) is 0 Å². The van der Waals surface area contributed by atoms with E-state index in [1.807, 2.05) is 0 Å². The van der Waals surface area contributed by atoms with E-state index < -0.39 is 8.32 Å². The maximum Gasteiger partial charge on any atom is 0.184 e. The molecule has 3 heteroatoms. The molecule has 1 fully saturated rings. The Balaban J connectivity index is 2.21. The summed E-state index contributed by atoms with van der Waals surface area (Å²) >= 11 is 0. The van der Waals surface area contributed by atoms with Gasteiger partial charge in [-0.1, -0.05) is 0 Å². The zero-order valence-corrected chi connectivity index (χ0v) is 11.0. The quantitative estimate of drug-likeness (QED) is 0.672. The van der Waals surface area contributed by atoms with Crippen molar-refractivity contribution in [1.29, 1.82) is 0 Å². The number of hydrogen-bond acceptors (Lipinski definition) is 2. The minimum atomic E-state index is -1.36. The van der Waals surface area contributed by atoms with Gasteiger partial charge in [0.25, 0.3) is 0 Å². The highest BCUT2D eigenvalue weighted by Crippen LogP contribution is 2.19. The highest BCUT2D eigenvalue weighted by atomic mass is 28.4. The van der Waals surface area contributed by atoms with Gasteiger partial charge in [0.1, 0.15) is 0 Å². The van der Waals surface area contributed by atoms with E-state index in [9.17, 15) is 0 Å². The summed E-state index contributed by atoms with van der Waals surface area (Å²) in [6.07, 6.45) is 5.67. The van der Waals surface area contributed by atoms with Crippen molar-refractivity contribution in [2.24, 2.45) is 0 Å². The standard InChI is InChI=1S/C11H24O2Si/c1-10(13-14(2,3)4)9-11-7-5-6-8-12-11/h10-11H,5-9H2,1-4H3/t10-,11-/m0/s1. The molecule has 84 valence electrons. The molecule has 0 spiro atoms. The van der Waals surface area contributed by atoms with Crippen LogP contribution in [0.15, 0.2) is 0 Å². The Kier molecular flexibility index (Phi) is 4.61. The summed E-state index contributed by atoms with van der Waals surface area (Å²) in [5.74, 6) is 0. The number of rotatable bonds is 4. The molecule has 0 saturated carbocycles. The summed E-state index contributed by atoms with van der Waals surface area (Å²) in [6.45, 7) is 9.85. The molecule has 1 aliphatic rings. The Morgan fingerprint density at radius 2 is 2.07 bits per heavy atom. The van der Waals surface area contributed by atoms with Gasteiger partial charge in [0.05, 0.1) is 6.10 Å². The molecule has 0 aromatic heterocycles. The molecule has 0 bridgehead atoms. The van der Waals surface area contributed by atoms with Gasteiger partial charge in [-0.05, 0) is 52.2 Å². The first kappa shape index (κ1) is 12.2. The van der Waals surface area contributed by atoms with Gasteiger partial charge in [-0.3, -0.25) is 0 Å². The molecule has 0 aromatic rings. The second-order valence-corrected chi connectivity index (χ2v) is 9.73. The van der Waals surface area contributed by atoms with Crippen molar-refractivity contribution in [3.63, 3.8) is 0 Å². The Bertz CT molecular complexity index is 159. The van der Waals surface area contributed by atoms with Crippen LogP contribution in [0.4, 0.5) is 0 Å². The van der Waals surface area contributed by atoms with Crippen LogP contribution < -0.4 is 0 Å². The molecule has 0 radical (unpaired) electrons. The summed E-state index contributed by atoms with van der Waals surface area (Å²) in [7, 11) is -1.36. The van der Waals surface area contributed by atoms with E-state index in [0.717, 1.165) is 13.0 Å². The van der Waals surface area contributed by atoms with E-state index >= 15 is 0 Å². The maximum atomic E-state index is 6.00. The highest BCUT2D eigenvalue weighted by molar-refractivity contribution is 6.69. The van der Waals surface area contributed by atoms with E-state index in [2.05, 4.69) is 26.6 Å². The van der Waals surface area contributed by atoms with Crippen LogP contribution >= 0.6 is 0 Å². The third kappa shape index (κ3) is 5.13. The lowest BCUT2D eigenvalue weighted by molar-refractivity contribution is -0.00874. The Labute approximate surface area is 89.1 Å². The lowest BCUT2D eigenvalue weighted by atomic mass is 10.0. The van der Waals surface area contributed by atoms with Gasteiger partial charge in [-0.25, -0.2) is 0 Å². The largest absolute Gasteiger partial charge is 0.415 e. The van der Waals surface area contributed by atoms with Crippen molar-refractivity contribution in [2.75, 3.05) is 6.61 Å². The van der Waals surface area contributed by atoms with E-state index in [1.165, 1.54) is 19.3 Å². The molecule has 14 heavy (non-hydrogen) atoms. The van der Waals surface area contributed by atoms with Crippen molar-refractivity contribution < 1.29 is 9.16 Å². The minimum absolute atomic E-state index is 0.366. The first-order valence-electron chi connectivity index (χ1n) is 5.77.